The third-order valence-electron chi connectivity index (χ3n) is 1.54. The second kappa shape index (κ2) is 2.87. The SMILES string of the molecule is O=C1N=NOC1c1ncc([N+](=O)[O-])[nH]1. The second-order valence-electron chi connectivity index (χ2n) is 2.42. The van der Waals surface area contributed by atoms with Crippen molar-refractivity contribution >= 4 is 11.7 Å². The summed E-state index contributed by atoms with van der Waals surface area (Å²) in [7, 11) is 0. The number of nitro groups is 1. The molecule has 2 heterocycles. The molecule has 0 radical (unpaired) electrons. The second-order valence-corrected chi connectivity index (χ2v) is 2.42. The number of H-pyrrole nitrogens is 1. The molecule has 0 bridgehead atoms. The molecule has 1 aromatic heterocycles. The summed E-state index contributed by atoms with van der Waals surface area (Å²) in [5.41, 5.74) is 0. The van der Waals surface area contributed by atoms with Crippen molar-refractivity contribution in [3.05, 3.63) is 22.1 Å². The first-order chi connectivity index (χ1) is 6.68. The molecule has 1 atom stereocenters. The van der Waals surface area contributed by atoms with Gasteiger partial charge in [0.2, 0.25) is 5.82 Å². The third kappa shape index (κ3) is 1.20. The largest absolute Gasteiger partial charge is 0.358 e. The van der Waals surface area contributed by atoms with Crippen molar-refractivity contribution in [2.24, 2.45) is 10.4 Å². The summed E-state index contributed by atoms with van der Waals surface area (Å²) in [4.78, 5) is 31.0. The van der Waals surface area contributed by atoms with Crippen LogP contribution in [0.4, 0.5) is 5.82 Å². The Morgan fingerprint density at radius 2 is 2.43 bits per heavy atom. The summed E-state index contributed by atoms with van der Waals surface area (Å²) >= 11 is 0. The highest BCUT2D eigenvalue weighted by Crippen LogP contribution is 2.22. The summed E-state index contributed by atoms with van der Waals surface area (Å²) in [5.74, 6) is -0.941. The van der Waals surface area contributed by atoms with Crippen LogP contribution in [0.1, 0.15) is 11.9 Å². The summed E-state index contributed by atoms with van der Waals surface area (Å²) in [5, 5.41) is 16.4. The average molecular weight is 197 g/mol. The maximum Gasteiger partial charge on any atom is 0.340 e. The Morgan fingerprint density at radius 3 is 2.93 bits per heavy atom. The fourth-order valence-electron chi connectivity index (χ4n) is 0.928. The lowest BCUT2D eigenvalue weighted by molar-refractivity contribution is -0.389. The first kappa shape index (κ1) is 8.29. The summed E-state index contributed by atoms with van der Waals surface area (Å²) in [6, 6.07) is 0. The highest BCUT2D eigenvalue weighted by molar-refractivity contribution is 5.82. The van der Waals surface area contributed by atoms with Crippen LogP contribution in [0.15, 0.2) is 16.6 Å². The Kier molecular flexibility index (Phi) is 1.70. The van der Waals surface area contributed by atoms with Gasteiger partial charge >= 0.3 is 11.7 Å². The van der Waals surface area contributed by atoms with Crippen LogP contribution in [0, 0.1) is 10.1 Å². The number of nitrogens with zero attached hydrogens (tertiary/aromatic N) is 4. The standard InChI is InChI=1S/C5H3N5O4/c11-5-3(14-9-8-5)4-6-1-2(7-4)10(12)13/h1,3H,(H,6,7). The van der Waals surface area contributed by atoms with E-state index in [2.05, 4.69) is 25.2 Å². The average Bonchev–Trinajstić information content (AvgIpc) is 2.71. The van der Waals surface area contributed by atoms with Crippen molar-refractivity contribution in [3.63, 3.8) is 0 Å². The number of amides is 1. The molecule has 1 aliphatic rings. The van der Waals surface area contributed by atoms with E-state index in [0.29, 0.717) is 0 Å². The number of aromatic nitrogens is 2. The smallest absolute Gasteiger partial charge is 0.340 e. The monoisotopic (exact) mass is 197 g/mol. The molecule has 0 aliphatic carbocycles. The number of nitrogens with one attached hydrogen (secondary N) is 1. The Balaban J connectivity index is 2.25. The van der Waals surface area contributed by atoms with Crippen molar-refractivity contribution < 1.29 is 14.6 Å². The van der Waals surface area contributed by atoms with E-state index in [0.717, 1.165) is 6.20 Å². The molecule has 1 N–H and O–H groups in total. The van der Waals surface area contributed by atoms with Gasteiger partial charge in [-0.15, -0.1) is 0 Å². The molecule has 0 saturated heterocycles. The van der Waals surface area contributed by atoms with Crippen LogP contribution >= 0.6 is 0 Å². The summed E-state index contributed by atoms with van der Waals surface area (Å²) in [6.07, 6.45) is -0.103. The van der Waals surface area contributed by atoms with Crippen molar-refractivity contribution in [2.45, 2.75) is 6.10 Å². The van der Waals surface area contributed by atoms with Gasteiger partial charge in [0, 0.05) is 5.28 Å². The molecule has 72 valence electrons. The van der Waals surface area contributed by atoms with E-state index in [-0.39, 0.29) is 11.6 Å². The molecule has 9 nitrogen and oxygen atoms in total. The number of hydrogen-bond acceptors (Lipinski definition) is 6. The van der Waals surface area contributed by atoms with Crippen molar-refractivity contribution in [1.82, 2.24) is 9.97 Å². The summed E-state index contributed by atoms with van der Waals surface area (Å²) in [6.45, 7) is 0. The fraction of sp³-hybridized carbons (Fsp3) is 0.200. The molecule has 1 aliphatic heterocycles. The molecule has 0 aromatic carbocycles. The highest BCUT2D eigenvalue weighted by atomic mass is 16.7. The fourth-order valence-corrected chi connectivity index (χ4v) is 0.928. The third-order valence-corrected chi connectivity index (χ3v) is 1.54. The van der Waals surface area contributed by atoms with Gasteiger partial charge < -0.3 is 15.0 Å². The van der Waals surface area contributed by atoms with Crippen molar-refractivity contribution in [2.75, 3.05) is 0 Å². The zero-order chi connectivity index (χ0) is 10.1. The van der Waals surface area contributed by atoms with Gasteiger partial charge in [-0.3, -0.25) is 4.79 Å². The van der Waals surface area contributed by atoms with Crippen LogP contribution in [-0.4, -0.2) is 20.8 Å². The molecule has 14 heavy (non-hydrogen) atoms. The van der Waals surface area contributed by atoms with E-state index >= 15 is 0 Å². The number of aromatic amines is 1. The van der Waals surface area contributed by atoms with E-state index < -0.39 is 16.9 Å². The Hall–Kier alpha value is -2.32. The van der Waals surface area contributed by atoms with Gasteiger partial charge in [0.05, 0.1) is 0 Å². The quantitative estimate of drug-likeness (QED) is 0.538. The summed E-state index contributed by atoms with van der Waals surface area (Å²) < 4.78 is 0. The Morgan fingerprint density at radius 1 is 1.64 bits per heavy atom. The Bertz CT molecular complexity index is 424. The molecule has 0 saturated carbocycles. The minimum atomic E-state index is -1.09. The van der Waals surface area contributed by atoms with Gasteiger partial charge in [-0.2, -0.15) is 0 Å². The molecule has 0 fully saturated rings. The van der Waals surface area contributed by atoms with Crippen LogP contribution in [0.2, 0.25) is 0 Å². The lowest BCUT2D eigenvalue weighted by atomic mass is 10.3. The molecule has 2 rings (SSSR count). The van der Waals surface area contributed by atoms with Crippen LogP contribution in [-0.2, 0) is 9.63 Å². The molecule has 1 unspecified atom stereocenters. The zero-order valence-corrected chi connectivity index (χ0v) is 6.58. The lowest BCUT2D eigenvalue weighted by Crippen LogP contribution is -2.08. The lowest BCUT2D eigenvalue weighted by Gasteiger charge is -1.95. The van der Waals surface area contributed by atoms with E-state index in [1.807, 2.05) is 0 Å². The molecular weight excluding hydrogens is 194 g/mol. The van der Waals surface area contributed by atoms with Crippen LogP contribution in [0.25, 0.3) is 0 Å². The van der Waals surface area contributed by atoms with Crippen LogP contribution in [0.5, 0.6) is 0 Å². The predicted molar refractivity (Wildman–Crippen MR) is 38.9 cm³/mol. The highest BCUT2D eigenvalue weighted by Gasteiger charge is 2.33. The molecular formula is C5H3N5O4. The van der Waals surface area contributed by atoms with Crippen molar-refractivity contribution in [3.8, 4) is 0 Å². The molecule has 9 heteroatoms. The van der Waals surface area contributed by atoms with E-state index in [4.69, 9.17) is 0 Å². The number of carbonyl (C=O) groups is 1. The van der Waals surface area contributed by atoms with E-state index in [1.54, 1.807) is 0 Å². The normalized spacial score (nSPS) is 19.7. The minimum Gasteiger partial charge on any atom is -0.358 e. The van der Waals surface area contributed by atoms with Gasteiger partial charge in [0.25, 0.3) is 6.10 Å². The number of carbonyl (C=O) groups excluding carboxylic acids is 1. The van der Waals surface area contributed by atoms with E-state index in [9.17, 15) is 14.9 Å². The molecule has 0 spiro atoms. The topological polar surface area (TPSA) is 123 Å². The van der Waals surface area contributed by atoms with Crippen LogP contribution in [0.3, 0.4) is 0 Å². The number of hydrogen-bond donors (Lipinski definition) is 1. The predicted octanol–water partition coefficient (Wildman–Crippen LogP) is 0.283. The molecule has 1 amide bonds. The Labute approximate surface area is 75.9 Å². The van der Waals surface area contributed by atoms with Gasteiger partial charge in [-0.1, -0.05) is 5.11 Å². The maximum absolute atomic E-state index is 10.9. The first-order valence-corrected chi connectivity index (χ1v) is 3.48. The molecule has 1 aromatic rings. The number of imidazole rings is 1. The zero-order valence-electron chi connectivity index (χ0n) is 6.58. The number of rotatable bonds is 2. The maximum atomic E-state index is 10.9. The van der Waals surface area contributed by atoms with Gasteiger partial charge in [-0.05, 0) is 4.92 Å². The van der Waals surface area contributed by atoms with E-state index in [1.165, 1.54) is 0 Å². The van der Waals surface area contributed by atoms with Crippen molar-refractivity contribution in [1.29, 1.82) is 0 Å². The van der Waals surface area contributed by atoms with Crippen LogP contribution < -0.4 is 0 Å². The van der Waals surface area contributed by atoms with Gasteiger partial charge in [0.15, 0.2) is 0 Å². The minimum absolute atomic E-state index is 0.0201. The first-order valence-electron chi connectivity index (χ1n) is 3.48. The van der Waals surface area contributed by atoms with Gasteiger partial charge in [-0.25, -0.2) is 9.97 Å². The van der Waals surface area contributed by atoms with Gasteiger partial charge in [0.1, 0.15) is 6.20 Å².